The van der Waals surface area contributed by atoms with Crippen molar-refractivity contribution in [2.45, 2.75) is 12.5 Å². The minimum atomic E-state index is -0.506. The molecule has 2 N–H and O–H groups in total. The van der Waals surface area contributed by atoms with Crippen molar-refractivity contribution in [2.24, 2.45) is 10.7 Å². The molecule has 0 saturated carbocycles. The Bertz CT molecular complexity index is 999. The zero-order valence-electron chi connectivity index (χ0n) is 16.3. The quantitative estimate of drug-likeness (QED) is 0.729. The number of nitrogens with two attached hydrogens (primary N) is 1. The van der Waals surface area contributed by atoms with Crippen LogP contribution >= 0.6 is 0 Å². The van der Waals surface area contributed by atoms with E-state index in [-0.39, 0.29) is 0 Å². The first-order chi connectivity index (χ1) is 13.6. The van der Waals surface area contributed by atoms with E-state index in [2.05, 4.69) is 60.7 Å². The topological polar surface area (TPSA) is 50.9 Å². The Morgan fingerprint density at radius 3 is 2.29 bits per heavy atom. The second-order valence-electron chi connectivity index (χ2n) is 7.09. The largest absolute Gasteiger partial charge is 0.494 e. The van der Waals surface area contributed by atoms with Crippen LogP contribution in [0.4, 0.5) is 0 Å². The first-order valence-electron chi connectivity index (χ1n) is 9.58. The van der Waals surface area contributed by atoms with E-state index in [1.54, 1.807) is 0 Å². The van der Waals surface area contributed by atoms with E-state index < -0.39 is 5.54 Å². The van der Waals surface area contributed by atoms with Gasteiger partial charge in [0.05, 0.1) is 13.2 Å². The molecule has 4 nitrogen and oxygen atoms in total. The van der Waals surface area contributed by atoms with Gasteiger partial charge in [-0.1, -0.05) is 60.7 Å². The summed E-state index contributed by atoms with van der Waals surface area (Å²) in [7, 11) is 1.99. The van der Waals surface area contributed by atoms with E-state index in [0.717, 1.165) is 28.0 Å². The Balaban J connectivity index is 1.82. The van der Waals surface area contributed by atoms with Crippen molar-refractivity contribution >= 4 is 5.96 Å². The van der Waals surface area contributed by atoms with Crippen LogP contribution in [-0.4, -0.2) is 31.1 Å². The standard InChI is InChI=1S/C24H25N3O/c1-3-28-22-14-8-10-19(16-22)18-9-7-13-21(15-18)24(17-27(2)23(25)26-24)20-11-5-4-6-12-20/h4-16H,3,17H2,1-2H3,(H2,25,26). The predicted octanol–water partition coefficient (Wildman–Crippen LogP) is 4.26. The van der Waals surface area contributed by atoms with Crippen LogP contribution in [0.15, 0.2) is 83.9 Å². The number of guanidine groups is 1. The average Bonchev–Trinajstić information content (AvgIpc) is 3.05. The fraction of sp³-hybridized carbons (Fsp3) is 0.208. The smallest absolute Gasteiger partial charge is 0.192 e. The van der Waals surface area contributed by atoms with E-state index in [1.807, 2.05) is 37.1 Å². The summed E-state index contributed by atoms with van der Waals surface area (Å²) in [6.45, 7) is 3.36. The molecule has 0 radical (unpaired) electrons. The maximum atomic E-state index is 6.19. The molecule has 1 unspecified atom stereocenters. The van der Waals surface area contributed by atoms with Crippen molar-refractivity contribution in [3.05, 3.63) is 90.0 Å². The summed E-state index contributed by atoms with van der Waals surface area (Å²) in [6, 6.07) is 27.1. The van der Waals surface area contributed by atoms with Crippen LogP contribution in [0.3, 0.4) is 0 Å². The van der Waals surface area contributed by atoms with Crippen LogP contribution in [0, 0.1) is 0 Å². The molecule has 0 bridgehead atoms. The highest BCUT2D eigenvalue weighted by Crippen LogP contribution is 2.39. The molecule has 1 aliphatic rings. The molecule has 142 valence electrons. The second-order valence-corrected chi connectivity index (χ2v) is 7.09. The summed E-state index contributed by atoms with van der Waals surface area (Å²) in [4.78, 5) is 6.93. The Morgan fingerprint density at radius 2 is 1.61 bits per heavy atom. The molecule has 3 aromatic carbocycles. The van der Waals surface area contributed by atoms with Crippen LogP contribution in [0.1, 0.15) is 18.1 Å². The van der Waals surface area contributed by atoms with E-state index in [1.165, 1.54) is 0 Å². The van der Waals surface area contributed by atoms with Gasteiger partial charge in [-0.3, -0.25) is 0 Å². The third kappa shape index (κ3) is 3.22. The van der Waals surface area contributed by atoms with Gasteiger partial charge in [-0.2, -0.15) is 0 Å². The zero-order valence-corrected chi connectivity index (χ0v) is 16.3. The molecule has 4 rings (SSSR count). The Morgan fingerprint density at radius 1 is 0.929 bits per heavy atom. The average molecular weight is 371 g/mol. The van der Waals surface area contributed by atoms with Gasteiger partial charge >= 0.3 is 0 Å². The molecule has 1 heterocycles. The maximum Gasteiger partial charge on any atom is 0.192 e. The van der Waals surface area contributed by atoms with Crippen molar-refractivity contribution in [3.8, 4) is 16.9 Å². The summed E-state index contributed by atoms with van der Waals surface area (Å²) in [5.41, 5.74) is 10.2. The molecular formula is C24H25N3O. The number of nitrogens with zero attached hydrogens (tertiary/aromatic N) is 2. The molecule has 0 aliphatic carbocycles. The van der Waals surface area contributed by atoms with E-state index in [0.29, 0.717) is 19.1 Å². The first kappa shape index (κ1) is 18.1. The van der Waals surface area contributed by atoms with Crippen LogP contribution in [-0.2, 0) is 5.54 Å². The molecule has 3 aromatic rings. The normalized spacial score (nSPS) is 18.8. The molecule has 0 amide bonds. The molecule has 0 aromatic heterocycles. The molecule has 0 fully saturated rings. The lowest BCUT2D eigenvalue weighted by molar-refractivity contribution is 0.340. The van der Waals surface area contributed by atoms with Crippen molar-refractivity contribution in [3.63, 3.8) is 0 Å². The van der Waals surface area contributed by atoms with Crippen molar-refractivity contribution in [1.82, 2.24) is 4.90 Å². The second kappa shape index (κ2) is 7.39. The van der Waals surface area contributed by atoms with Crippen molar-refractivity contribution < 1.29 is 4.74 Å². The van der Waals surface area contributed by atoms with Gasteiger partial charge in [-0.25, -0.2) is 4.99 Å². The van der Waals surface area contributed by atoms with Crippen LogP contribution < -0.4 is 10.5 Å². The van der Waals surface area contributed by atoms with Gasteiger partial charge in [0.15, 0.2) is 5.96 Å². The third-order valence-corrected chi connectivity index (χ3v) is 5.23. The molecular weight excluding hydrogens is 346 g/mol. The van der Waals surface area contributed by atoms with Crippen LogP contribution in [0.25, 0.3) is 11.1 Å². The summed E-state index contributed by atoms with van der Waals surface area (Å²) < 4.78 is 5.67. The van der Waals surface area contributed by atoms with Gasteiger partial charge in [-0.15, -0.1) is 0 Å². The number of hydrogen-bond acceptors (Lipinski definition) is 4. The Kier molecular flexibility index (Phi) is 4.78. The number of aliphatic imine (C=N–C) groups is 1. The number of rotatable bonds is 5. The fourth-order valence-electron chi connectivity index (χ4n) is 3.82. The summed E-state index contributed by atoms with van der Waals surface area (Å²) >= 11 is 0. The molecule has 1 atom stereocenters. The van der Waals surface area contributed by atoms with Gasteiger partial charge in [0.2, 0.25) is 0 Å². The third-order valence-electron chi connectivity index (χ3n) is 5.23. The van der Waals surface area contributed by atoms with Gasteiger partial charge in [0, 0.05) is 7.05 Å². The SMILES string of the molecule is CCOc1cccc(-c2cccc(C3(c4ccccc4)CN(C)C(N)=N3)c2)c1. The maximum absolute atomic E-state index is 6.19. The van der Waals surface area contributed by atoms with Gasteiger partial charge < -0.3 is 15.4 Å². The van der Waals surface area contributed by atoms with Crippen LogP contribution in [0.2, 0.25) is 0 Å². The predicted molar refractivity (Wildman–Crippen MR) is 115 cm³/mol. The first-order valence-corrected chi connectivity index (χ1v) is 9.58. The van der Waals surface area contributed by atoms with Crippen molar-refractivity contribution in [1.29, 1.82) is 0 Å². The minimum Gasteiger partial charge on any atom is -0.494 e. The molecule has 0 spiro atoms. The van der Waals surface area contributed by atoms with E-state index >= 15 is 0 Å². The van der Waals surface area contributed by atoms with Crippen molar-refractivity contribution in [2.75, 3.05) is 20.2 Å². The lowest BCUT2D eigenvalue weighted by atomic mass is 9.82. The highest BCUT2D eigenvalue weighted by molar-refractivity contribution is 5.82. The zero-order chi connectivity index (χ0) is 19.6. The molecule has 1 aliphatic heterocycles. The van der Waals surface area contributed by atoms with Crippen LogP contribution in [0.5, 0.6) is 5.75 Å². The van der Waals surface area contributed by atoms with Gasteiger partial charge in [0.25, 0.3) is 0 Å². The molecule has 28 heavy (non-hydrogen) atoms. The summed E-state index contributed by atoms with van der Waals surface area (Å²) in [5, 5.41) is 0. The summed E-state index contributed by atoms with van der Waals surface area (Å²) in [5.74, 6) is 1.44. The minimum absolute atomic E-state index is 0.506. The number of likely N-dealkylation sites (N-methyl/N-ethyl adjacent to an activating group) is 1. The van der Waals surface area contributed by atoms with Gasteiger partial charge in [0.1, 0.15) is 11.3 Å². The lowest BCUT2D eigenvalue weighted by Gasteiger charge is -2.28. The molecule has 0 saturated heterocycles. The van der Waals surface area contributed by atoms with E-state index in [9.17, 15) is 0 Å². The fourth-order valence-corrected chi connectivity index (χ4v) is 3.82. The number of ether oxygens (including phenoxy) is 1. The lowest BCUT2D eigenvalue weighted by Crippen LogP contribution is -2.34. The number of benzene rings is 3. The Labute approximate surface area is 166 Å². The highest BCUT2D eigenvalue weighted by Gasteiger charge is 2.40. The summed E-state index contributed by atoms with van der Waals surface area (Å²) in [6.07, 6.45) is 0. The Hall–Kier alpha value is -3.27. The highest BCUT2D eigenvalue weighted by atomic mass is 16.5. The number of hydrogen-bond donors (Lipinski definition) is 1. The monoisotopic (exact) mass is 371 g/mol. The van der Waals surface area contributed by atoms with Gasteiger partial charge in [-0.05, 0) is 47.4 Å². The van der Waals surface area contributed by atoms with E-state index in [4.69, 9.17) is 15.5 Å². The molecule has 4 heteroatoms.